The van der Waals surface area contributed by atoms with Crippen LogP contribution in [0.4, 0.5) is 0 Å². The van der Waals surface area contributed by atoms with E-state index in [4.69, 9.17) is 4.74 Å². The van der Waals surface area contributed by atoms with Crippen molar-refractivity contribution in [2.45, 2.75) is 25.7 Å². The summed E-state index contributed by atoms with van der Waals surface area (Å²) in [5.41, 5.74) is 7.18. The molecule has 2 aromatic carbocycles. The van der Waals surface area contributed by atoms with Crippen LogP contribution in [0, 0.1) is 0 Å². The topological polar surface area (TPSA) is 21.6 Å². The highest BCUT2D eigenvalue weighted by molar-refractivity contribution is 6.09. The zero-order valence-electron chi connectivity index (χ0n) is 13.1. The van der Waals surface area contributed by atoms with Gasteiger partial charge in [-0.15, -0.1) is 0 Å². The van der Waals surface area contributed by atoms with Gasteiger partial charge < -0.3 is 4.74 Å². The van der Waals surface area contributed by atoms with Crippen molar-refractivity contribution in [3.63, 3.8) is 0 Å². The molecule has 0 atom stereocenters. The predicted molar refractivity (Wildman–Crippen MR) is 94.9 cm³/mol. The van der Waals surface area contributed by atoms with Crippen LogP contribution in [-0.4, -0.2) is 19.0 Å². The molecule has 0 saturated carbocycles. The van der Waals surface area contributed by atoms with Gasteiger partial charge in [-0.1, -0.05) is 42.0 Å². The van der Waals surface area contributed by atoms with Crippen LogP contribution < -0.4 is 0 Å². The lowest BCUT2D eigenvalue weighted by Crippen LogP contribution is -2.08. The lowest BCUT2D eigenvalue weighted by Gasteiger charge is -2.25. The molecule has 3 aliphatic rings. The Kier molecular flexibility index (Phi) is 2.90. The summed E-state index contributed by atoms with van der Waals surface area (Å²) in [5, 5.41) is 2.64. The molecule has 0 amide bonds. The monoisotopic (exact) mass is 301 g/mol. The number of ether oxygens (including phenoxy) is 1. The second-order valence-electron chi connectivity index (χ2n) is 6.49. The van der Waals surface area contributed by atoms with E-state index in [0.29, 0.717) is 6.61 Å². The summed E-state index contributed by atoms with van der Waals surface area (Å²) in [4.78, 5) is 4.51. The molecular weight excluding hydrogens is 282 g/mol. The number of allylic oxidation sites excluding steroid dienone is 4. The molecule has 2 aromatic rings. The lowest BCUT2D eigenvalue weighted by atomic mass is 9.79. The van der Waals surface area contributed by atoms with Crippen molar-refractivity contribution < 1.29 is 4.74 Å². The average molecular weight is 301 g/mol. The molecule has 0 spiro atoms. The number of nitrogens with zero attached hydrogens (tertiary/aromatic N) is 1. The Balaban J connectivity index is 1.75. The normalized spacial score (nSPS) is 19.4. The first-order valence-electron chi connectivity index (χ1n) is 8.53. The van der Waals surface area contributed by atoms with Crippen LogP contribution in [0.1, 0.15) is 36.0 Å². The quantitative estimate of drug-likeness (QED) is 0.750. The maximum atomic E-state index is 5.71. The summed E-state index contributed by atoms with van der Waals surface area (Å²) in [6.07, 6.45) is 9.42. The fourth-order valence-corrected chi connectivity index (χ4v) is 4.15. The summed E-state index contributed by atoms with van der Waals surface area (Å²) in [5.74, 6) is 0.809. The summed E-state index contributed by atoms with van der Waals surface area (Å²) in [6.45, 7) is 1.48. The number of hydrogen-bond donors (Lipinski definition) is 0. The Morgan fingerprint density at radius 3 is 2.83 bits per heavy atom. The van der Waals surface area contributed by atoms with Crippen LogP contribution in [0.15, 0.2) is 53.0 Å². The predicted octanol–water partition coefficient (Wildman–Crippen LogP) is 4.67. The van der Waals surface area contributed by atoms with Crippen molar-refractivity contribution in [1.29, 1.82) is 0 Å². The third-order valence-electron chi connectivity index (χ3n) is 5.23. The molecule has 0 bridgehead atoms. The minimum atomic E-state index is 0.706. The highest BCUT2D eigenvalue weighted by Crippen LogP contribution is 2.40. The largest absolute Gasteiger partial charge is 0.475 e. The van der Waals surface area contributed by atoms with E-state index in [0.717, 1.165) is 24.4 Å². The van der Waals surface area contributed by atoms with E-state index in [-0.39, 0.29) is 0 Å². The minimum absolute atomic E-state index is 0.706. The fourth-order valence-electron chi connectivity index (χ4n) is 4.15. The maximum Gasteiger partial charge on any atom is 0.216 e. The molecule has 0 saturated heterocycles. The summed E-state index contributed by atoms with van der Waals surface area (Å²) >= 11 is 0. The fraction of sp³-hybridized carbons (Fsp3) is 0.286. The van der Waals surface area contributed by atoms with Crippen molar-refractivity contribution in [2.24, 2.45) is 4.99 Å². The van der Waals surface area contributed by atoms with Gasteiger partial charge in [0.15, 0.2) is 0 Å². The Labute approximate surface area is 136 Å². The molecule has 5 rings (SSSR count). The molecule has 0 fully saturated rings. The van der Waals surface area contributed by atoms with Crippen molar-refractivity contribution in [1.82, 2.24) is 0 Å². The van der Waals surface area contributed by atoms with Crippen LogP contribution in [0.5, 0.6) is 0 Å². The van der Waals surface area contributed by atoms with Crippen LogP contribution in [0.3, 0.4) is 0 Å². The first-order chi connectivity index (χ1) is 11.4. The first kappa shape index (κ1) is 13.1. The van der Waals surface area contributed by atoms with Crippen LogP contribution >= 0.6 is 0 Å². The molecule has 0 N–H and O–H groups in total. The van der Waals surface area contributed by atoms with Gasteiger partial charge in [-0.25, -0.2) is 4.99 Å². The number of aryl methyl sites for hydroxylation is 1. The minimum Gasteiger partial charge on any atom is -0.475 e. The van der Waals surface area contributed by atoms with Crippen molar-refractivity contribution in [2.75, 3.05) is 13.2 Å². The molecule has 23 heavy (non-hydrogen) atoms. The molecule has 0 aromatic heterocycles. The Morgan fingerprint density at radius 2 is 1.91 bits per heavy atom. The number of benzene rings is 2. The van der Waals surface area contributed by atoms with Crippen LogP contribution in [-0.2, 0) is 11.2 Å². The standard InChI is InChI=1S/C21H19NO/c1-2-5-15-14(4-1)8-9-18-16-6-3-7-20(21-22-12-13-23-21)19(16)11-10-17(15)18/h2-3,5-7,10-11H,1,4,8-9,12-13H2. The van der Waals surface area contributed by atoms with Gasteiger partial charge in [0, 0.05) is 5.56 Å². The van der Waals surface area contributed by atoms with Gasteiger partial charge in [0.2, 0.25) is 5.90 Å². The number of fused-ring (bicyclic) bond motifs is 4. The molecule has 114 valence electrons. The molecule has 0 radical (unpaired) electrons. The zero-order chi connectivity index (χ0) is 15.2. The molecule has 1 aliphatic heterocycles. The van der Waals surface area contributed by atoms with E-state index >= 15 is 0 Å². The number of rotatable bonds is 1. The third-order valence-corrected chi connectivity index (χ3v) is 5.23. The zero-order valence-corrected chi connectivity index (χ0v) is 13.1. The van der Waals surface area contributed by atoms with Crippen molar-refractivity contribution >= 4 is 22.2 Å². The van der Waals surface area contributed by atoms with E-state index in [9.17, 15) is 0 Å². The highest BCUT2D eigenvalue weighted by atomic mass is 16.5. The Bertz CT molecular complexity index is 901. The van der Waals surface area contributed by atoms with Gasteiger partial charge in [-0.05, 0) is 59.2 Å². The van der Waals surface area contributed by atoms with Gasteiger partial charge in [-0.3, -0.25) is 0 Å². The molecular formula is C21H19NO. The summed E-state index contributed by atoms with van der Waals surface area (Å²) in [7, 11) is 0. The lowest BCUT2D eigenvalue weighted by molar-refractivity contribution is 0.348. The molecule has 0 unspecified atom stereocenters. The van der Waals surface area contributed by atoms with E-state index in [2.05, 4.69) is 47.5 Å². The third kappa shape index (κ3) is 1.98. The van der Waals surface area contributed by atoms with Gasteiger partial charge in [-0.2, -0.15) is 0 Å². The SMILES string of the molecule is C1=CC2=C(CC1)CCc1c2ccc2c(C3=NCCO3)cccc12. The maximum absolute atomic E-state index is 5.71. The molecule has 2 nitrogen and oxygen atoms in total. The Hall–Kier alpha value is -2.35. The van der Waals surface area contributed by atoms with Gasteiger partial charge in [0.05, 0.1) is 6.54 Å². The van der Waals surface area contributed by atoms with Crippen molar-refractivity contribution in [3.8, 4) is 0 Å². The van der Waals surface area contributed by atoms with E-state index in [1.165, 1.54) is 46.7 Å². The van der Waals surface area contributed by atoms with Crippen LogP contribution in [0.25, 0.3) is 16.3 Å². The molecule has 2 heteroatoms. The van der Waals surface area contributed by atoms with E-state index < -0.39 is 0 Å². The molecule has 2 aliphatic carbocycles. The van der Waals surface area contributed by atoms with E-state index in [1.54, 1.807) is 5.57 Å². The number of hydrogen-bond acceptors (Lipinski definition) is 2. The number of aliphatic imine (C=N–C) groups is 1. The average Bonchev–Trinajstić information content (AvgIpc) is 3.15. The van der Waals surface area contributed by atoms with Crippen LogP contribution in [0.2, 0.25) is 0 Å². The van der Waals surface area contributed by atoms with Gasteiger partial charge in [0.25, 0.3) is 0 Å². The Morgan fingerprint density at radius 1 is 0.913 bits per heavy atom. The van der Waals surface area contributed by atoms with Gasteiger partial charge in [0.1, 0.15) is 6.61 Å². The summed E-state index contributed by atoms with van der Waals surface area (Å²) in [6, 6.07) is 11.1. The first-order valence-corrected chi connectivity index (χ1v) is 8.53. The second kappa shape index (κ2) is 5.09. The highest BCUT2D eigenvalue weighted by Gasteiger charge is 2.22. The van der Waals surface area contributed by atoms with Crippen molar-refractivity contribution in [3.05, 3.63) is 64.7 Å². The second-order valence-corrected chi connectivity index (χ2v) is 6.49. The van der Waals surface area contributed by atoms with E-state index in [1.807, 2.05) is 0 Å². The smallest absolute Gasteiger partial charge is 0.216 e. The van der Waals surface area contributed by atoms with Gasteiger partial charge >= 0.3 is 0 Å². The summed E-state index contributed by atoms with van der Waals surface area (Å²) < 4.78 is 5.71. The molecule has 1 heterocycles.